The zero-order valence-corrected chi connectivity index (χ0v) is 40.4. The van der Waals surface area contributed by atoms with Crippen LogP contribution in [-0.4, -0.2) is 0 Å². The molecule has 0 saturated heterocycles. The van der Waals surface area contributed by atoms with Crippen molar-refractivity contribution in [3.8, 4) is 0 Å². The molecule has 0 unspecified atom stereocenters. The predicted molar refractivity (Wildman–Crippen MR) is 298 cm³/mol. The number of nitrogens with zero attached hydrogens (tertiary/aromatic N) is 3. The van der Waals surface area contributed by atoms with Gasteiger partial charge in [-0.1, -0.05) is 193 Å². The summed E-state index contributed by atoms with van der Waals surface area (Å²) in [6.07, 6.45) is 11.1. The van der Waals surface area contributed by atoms with E-state index in [1.807, 2.05) is 0 Å². The zero-order chi connectivity index (χ0) is 47.4. The van der Waals surface area contributed by atoms with Crippen LogP contribution in [0.5, 0.6) is 0 Å². The molecule has 11 rings (SSSR count). The van der Waals surface area contributed by atoms with Gasteiger partial charge in [0.2, 0.25) is 0 Å². The van der Waals surface area contributed by atoms with E-state index >= 15 is 0 Å². The van der Waals surface area contributed by atoms with Gasteiger partial charge < -0.3 is 14.7 Å². The van der Waals surface area contributed by atoms with Crippen molar-refractivity contribution < 1.29 is 0 Å². The lowest BCUT2D eigenvalue weighted by molar-refractivity contribution is 0.588. The molecule has 336 valence electrons. The molecule has 0 saturated carbocycles. The second-order valence-electron chi connectivity index (χ2n) is 19.9. The van der Waals surface area contributed by atoms with Gasteiger partial charge in [0.25, 0.3) is 0 Å². The summed E-state index contributed by atoms with van der Waals surface area (Å²) < 4.78 is 0. The number of hydrogen-bond acceptors (Lipinski definition) is 3. The van der Waals surface area contributed by atoms with Crippen LogP contribution in [0.25, 0.3) is 39.3 Å². The summed E-state index contributed by atoms with van der Waals surface area (Å²) in [7, 11) is 0. The van der Waals surface area contributed by atoms with Crippen molar-refractivity contribution in [2.24, 2.45) is 0 Å². The van der Waals surface area contributed by atoms with E-state index in [4.69, 9.17) is 0 Å². The van der Waals surface area contributed by atoms with Crippen LogP contribution in [0.3, 0.4) is 0 Å². The van der Waals surface area contributed by atoms with Crippen LogP contribution < -0.4 is 14.7 Å². The van der Waals surface area contributed by atoms with Gasteiger partial charge in [-0.15, -0.1) is 0 Å². The predicted octanol–water partition coefficient (Wildman–Crippen LogP) is 18.7. The van der Waals surface area contributed by atoms with Gasteiger partial charge in [-0.25, -0.2) is 0 Å². The summed E-state index contributed by atoms with van der Waals surface area (Å²) in [5.41, 5.74) is 18.6. The molecule has 0 spiro atoms. The van der Waals surface area contributed by atoms with Crippen LogP contribution >= 0.6 is 0 Å². The van der Waals surface area contributed by atoms with Crippen LogP contribution in [-0.2, 0) is 10.8 Å². The normalized spacial score (nSPS) is 14.3. The lowest BCUT2D eigenvalue weighted by atomic mass is 9.73. The van der Waals surface area contributed by atoms with Gasteiger partial charge >= 0.3 is 0 Å². The Labute approximate surface area is 407 Å². The minimum atomic E-state index is -0.105. The maximum atomic E-state index is 4.64. The number of anilines is 8. The number of benzene rings is 9. The van der Waals surface area contributed by atoms with Gasteiger partial charge in [0.05, 0.1) is 34.1 Å². The third kappa shape index (κ3) is 7.65. The van der Waals surface area contributed by atoms with Crippen molar-refractivity contribution in [2.75, 3.05) is 14.7 Å². The number of allylic oxidation sites excluding steroid dienone is 4. The Morgan fingerprint density at radius 1 is 0.478 bits per heavy atom. The lowest BCUT2D eigenvalue weighted by Crippen LogP contribution is -2.32. The van der Waals surface area contributed by atoms with Crippen molar-refractivity contribution in [3.63, 3.8) is 0 Å². The lowest BCUT2D eigenvalue weighted by Gasteiger charge is -2.42. The molecule has 2 aliphatic heterocycles. The topological polar surface area (TPSA) is 9.72 Å². The molecule has 0 bridgehead atoms. The highest BCUT2D eigenvalue weighted by atomic mass is 15.3. The second-order valence-corrected chi connectivity index (χ2v) is 19.9. The van der Waals surface area contributed by atoms with E-state index in [9.17, 15) is 0 Å². The molecule has 3 nitrogen and oxygen atoms in total. The average molecular weight is 892 g/mol. The number of para-hydroxylation sites is 7. The first-order chi connectivity index (χ1) is 33.5. The van der Waals surface area contributed by atoms with Gasteiger partial charge in [0.1, 0.15) is 0 Å². The molecule has 0 amide bonds. The van der Waals surface area contributed by atoms with Gasteiger partial charge in [-0.05, 0) is 146 Å². The Balaban J connectivity index is 0.860. The molecule has 2 heterocycles. The van der Waals surface area contributed by atoms with Gasteiger partial charge in [-0.3, -0.25) is 0 Å². The molecule has 0 atom stereocenters. The smallest absolute Gasteiger partial charge is 0.0703 e. The van der Waals surface area contributed by atoms with Crippen LogP contribution in [0.2, 0.25) is 0 Å². The number of fused-ring (bicyclic) bond motifs is 7. The first-order valence-electron chi connectivity index (χ1n) is 24.1. The highest BCUT2D eigenvalue weighted by molar-refractivity contribution is 6.10. The summed E-state index contributed by atoms with van der Waals surface area (Å²) in [6, 6.07) is 70.7. The highest BCUT2D eigenvalue weighted by Crippen LogP contribution is 2.54. The highest BCUT2D eigenvalue weighted by Gasteiger charge is 2.37. The van der Waals surface area contributed by atoms with E-state index in [-0.39, 0.29) is 10.8 Å². The quantitative estimate of drug-likeness (QED) is 0.0855. The first-order valence-corrected chi connectivity index (χ1v) is 24.1. The summed E-state index contributed by atoms with van der Waals surface area (Å²) >= 11 is 0. The molecule has 2 aliphatic rings. The van der Waals surface area contributed by atoms with Crippen LogP contribution in [0.1, 0.15) is 74.9 Å². The standard InChI is InChI=1S/C66H57N3/c1-8-50(67-59-24-14-12-22-56(59)66(6,7)57-23-13-15-25-60(57)67)37-30-45(2)53-39-33-47(43-58(53)65(3,4)5)32-31-46-34-40-54-48(42-46)35-36-49-44-52(38-41-55(49)54)69-63-28-18-16-26-61(63)68(51-20-10-9-11-21-51)62-27-17-19-29-64(62)69/h8-44H,2H2,1,3-7H3/b32-31+,37-30-,50-8+. The molecule has 0 aromatic heterocycles. The maximum absolute atomic E-state index is 4.64. The molecular weight excluding hydrogens is 835 g/mol. The van der Waals surface area contributed by atoms with E-state index in [1.165, 1.54) is 55.2 Å². The Kier molecular flexibility index (Phi) is 10.8. The summed E-state index contributed by atoms with van der Waals surface area (Å²) in [5, 5.41) is 4.92. The van der Waals surface area contributed by atoms with E-state index in [1.54, 1.807) is 0 Å². The van der Waals surface area contributed by atoms with Crippen LogP contribution in [0.4, 0.5) is 45.5 Å². The van der Waals surface area contributed by atoms with Crippen LogP contribution in [0.15, 0.2) is 225 Å². The van der Waals surface area contributed by atoms with Crippen molar-refractivity contribution in [2.45, 2.75) is 52.4 Å². The summed E-state index contributed by atoms with van der Waals surface area (Å²) in [5.74, 6) is 0. The van der Waals surface area contributed by atoms with Crippen LogP contribution in [0, 0.1) is 0 Å². The number of rotatable bonds is 8. The minimum absolute atomic E-state index is 0.0944. The molecule has 0 aliphatic carbocycles. The van der Waals surface area contributed by atoms with Crippen molar-refractivity contribution >= 4 is 84.8 Å². The third-order valence-corrected chi connectivity index (χ3v) is 14.2. The van der Waals surface area contributed by atoms with Gasteiger partial charge in [0, 0.05) is 22.5 Å². The Hall–Kier alpha value is -8.14. The van der Waals surface area contributed by atoms with E-state index in [0.717, 1.165) is 56.5 Å². The molecule has 0 N–H and O–H groups in total. The van der Waals surface area contributed by atoms with Crippen molar-refractivity contribution in [1.82, 2.24) is 0 Å². The third-order valence-electron chi connectivity index (χ3n) is 14.2. The molecule has 69 heavy (non-hydrogen) atoms. The SMILES string of the molecule is C=C(/C=C\C(=C/C)N1c2ccccc2C(C)(C)c2ccccc21)c1ccc(/C=C/c2ccc3c(ccc4cc(N5c6ccccc6N(c6ccccc6)c6ccccc65)ccc43)c2)cc1C(C)(C)C. The molecule has 0 fully saturated rings. The second kappa shape index (κ2) is 17.2. The molecule has 0 radical (unpaired) electrons. The fourth-order valence-corrected chi connectivity index (χ4v) is 10.7. The molecule has 9 aromatic rings. The van der Waals surface area contributed by atoms with E-state index < -0.39 is 0 Å². The summed E-state index contributed by atoms with van der Waals surface area (Å²) in [6.45, 7) is 18.3. The molecule has 9 aromatic carbocycles. The minimum Gasteiger partial charge on any atom is -0.310 e. The average Bonchev–Trinajstić information content (AvgIpc) is 3.37. The van der Waals surface area contributed by atoms with Crippen molar-refractivity contribution in [1.29, 1.82) is 0 Å². The Bertz CT molecular complexity index is 3460. The largest absolute Gasteiger partial charge is 0.310 e. The monoisotopic (exact) mass is 891 g/mol. The Morgan fingerprint density at radius 2 is 0.957 bits per heavy atom. The first kappa shape index (κ1) is 43.4. The fourth-order valence-electron chi connectivity index (χ4n) is 10.7. The fraction of sp³-hybridized carbons (Fsp3) is 0.121. The maximum Gasteiger partial charge on any atom is 0.0703 e. The zero-order valence-electron chi connectivity index (χ0n) is 40.4. The van der Waals surface area contributed by atoms with E-state index in [0.29, 0.717) is 0 Å². The Morgan fingerprint density at radius 3 is 1.52 bits per heavy atom. The summed E-state index contributed by atoms with van der Waals surface area (Å²) in [4.78, 5) is 7.17. The van der Waals surface area contributed by atoms with Gasteiger partial charge in [0.15, 0.2) is 0 Å². The molecular formula is C66H57N3. The molecule has 3 heteroatoms. The van der Waals surface area contributed by atoms with E-state index in [2.05, 4.69) is 287 Å². The number of hydrogen-bond donors (Lipinski definition) is 0. The van der Waals surface area contributed by atoms with Gasteiger partial charge in [-0.2, -0.15) is 0 Å². The van der Waals surface area contributed by atoms with Crippen molar-refractivity contribution in [3.05, 3.63) is 258 Å².